The van der Waals surface area contributed by atoms with Gasteiger partial charge in [-0.05, 0) is 13.8 Å². The molecule has 17 heavy (non-hydrogen) atoms. The zero-order valence-electron chi connectivity index (χ0n) is 9.93. The quantitative estimate of drug-likeness (QED) is 0.756. The monoisotopic (exact) mass is 235 g/mol. The molecule has 2 aromatic heterocycles. The van der Waals surface area contributed by atoms with Crippen molar-refractivity contribution in [1.29, 1.82) is 0 Å². The molecule has 0 radical (unpaired) electrons. The number of hydrogen-bond donors (Lipinski definition) is 0. The van der Waals surface area contributed by atoms with Crippen LogP contribution in [0.2, 0.25) is 0 Å². The van der Waals surface area contributed by atoms with Crippen LogP contribution < -0.4 is 0 Å². The molecule has 0 aromatic carbocycles. The minimum Gasteiger partial charge on any atom is -0.464 e. The van der Waals surface area contributed by atoms with E-state index in [-0.39, 0.29) is 5.69 Å². The van der Waals surface area contributed by atoms with E-state index in [9.17, 15) is 4.79 Å². The molecular weight excluding hydrogens is 222 g/mol. The van der Waals surface area contributed by atoms with Gasteiger partial charge >= 0.3 is 5.97 Å². The molecule has 0 fully saturated rings. The summed E-state index contributed by atoms with van der Waals surface area (Å²) >= 11 is 0. The van der Waals surface area contributed by atoms with Crippen LogP contribution in [0, 0.1) is 6.92 Å². The highest BCUT2D eigenvalue weighted by Crippen LogP contribution is 2.23. The van der Waals surface area contributed by atoms with Gasteiger partial charge in [-0.15, -0.1) is 0 Å². The van der Waals surface area contributed by atoms with Crippen LogP contribution in [-0.2, 0) is 11.3 Å². The molecule has 6 heteroatoms. The first-order valence-corrected chi connectivity index (χ1v) is 5.25. The van der Waals surface area contributed by atoms with E-state index in [0.29, 0.717) is 5.76 Å². The van der Waals surface area contributed by atoms with Crippen LogP contribution >= 0.6 is 0 Å². The van der Waals surface area contributed by atoms with E-state index in [1.54, 1.807) is 12.3 Å². The van der Waals surface area contributed by atoms with E-state index in [1.165, 1.54) is 7.11 Å². The predicted molar refractivity (Wildman–Crippen MR) is 59.5 cm³/mol. The summed E-state index contributed by atoms with van der Waals surface area (Å²) in [5.41, 5.74) is 1.96. The van der Waals surface area contributed by atoms with Crippen molar-refractivity contribution in [2.45, 2.75) is 20.4 Å². The minimum absolute atomic E-state index is 0.158. The molecule has 0 unspecified atom stereocenters. The standard InChI is InChI=1S/C11H13N3O3/c1-4-14-7(2)8(6-12-14)10-5-9(13-17-10)11(15)16-3/h5-6H,4H2,1-3H3. The van der Waals surface area contributed by atoms with E-state index in [2.05, 4.69) is 15.0 Å². The van der Waals surface area contributed by atoms with E-state index in [1.807, 2.05) is 18.5 Å². The molecule has 6 nitrogen and oxygen atoms in total. The molecule has 0 aliphatic carbocycles. The topological polar surface area (TPSA) is 70.2 Å². The number of rotatable bonds is 3. The molecule has 2 rings (SSSR count). The summed E-state index contributed by atoms with van der Waals surface area (Å²) in [6.07, 6.45) is 1.69. The second-order valence-corrected chi connectivity index (χ2v) is 3.53. The lowest BCUT2D eigenvalue weighted by molar-refractivity contribution is 0.0589. The molecule has 0 amide bonds. The van der Waals surface area contributed by atoms with E-state index in [0.717, 1.165) is 17.8 Å². The number of nitrogens with zero attached hydrogens (tertiary/aromatic N) is 3. The fourth-order valence-electron chi connectivity index (χ4n) is 1.61. The van der Waals surface area contributed by atoms with Crippen molar-refractivity contribution in [1.82, 2.24) is 14.9 Å². The molecule has 0 N–H and O–H groups in total. The molecule has 0 spiro atoms. The maximum absolute atomic E-state index is 11.2. The third-order valence-electron chi connectivity index (χ3n) is 2.57. The van der Waals surface area contributed by atoms with Gasteiger partial charge in [0.1, 0.15) is 0 Å². The van der Waals surface area contributed by atoms with Crippen LogP contribution in [-0.4, -0.2) is 28.0 Å². The number of carbonyl (C=O) groups excluding carboxylic acids is 1. The summed E-state index contributed by atoms with van der Waals surface area (Å²) < 4.78 is 11.5. The molecule has 0 saturated carbocycles. The molecule has 0 aliphatic rings. The van der Waals surface area contributed by atoms with Crippen LogP contribution in [0.5, 0.6) is 0 Å². The molecular formula is C11H13N3O3. The third-order valence-corrected chi connectivity index (χ3v) is 2.57. The summed E-state index contributed by atoms with van der Waals surface area (Å²) in [5.74, 6) is 0.00290. The number of aryl methyl sites for hydroxylation is 1. The molecule has 2 aromatic rings. The van der Waals surface area contributed by atoms with Crippen LogP contribution in [0.4, 0.5) is 0 Å². The molecule has 0 atom stereocenters. The Hall–Kier alpha value is -2.11. The second-order valence-electron chi connectivity index (χ2n) is 3.53. The van der Waals surface area contributed by atoms with Crippen molar-refractivity contribution >= 4 is 5.97 Å². The van der Waals surface area contributed by atoms with Crippen molar-refractivity contribution in [3.05, 3.63) is 23.7 Å². The summed E-state index contributed by atoms with van der Waals surface area (Å²) in [6.45, 7) is 4.72. The fraction of sp³-hybridized carbons (Fsp3) is 0.364. The van der Waals surface area contributed by atoms with Gasteiger partial charge in [-0.3, -0.25) is 4.68 Å². The van der Waals surface area contributed by atoms with E-state index in [4.69, 9.17) is 4.52 Å². The molecule has 2 heterocycles. The summed E-state index contributed by atoms with van der Waals surface area (Å²) in [7, 11) is 1.30. The lowest BCUT2D eigenvalue weighted by Crippen LogP contribution is -2.00. The zero-order valence-corrected chi connectivity index (χ0v) is 9.93. The molecule has 0 aliphatic heterocycles. The predicted octanol–water partition coefficient (Wildman–Crippen LogP) is 1.65. The van der Waals surface area contributed by atoms with Crippen LogP contribution in [0.15, 0.2) is 16.8 Å². The fourth-order valence-corrected chi connectivity index (χ4v) is 1.61. The van der Waals surface area contributed by atoms with E-state index < -0.39 is 5.97 Å². The summed E-state index contributed by atoms with van der Waals surface area (Å²) in [6, 6.07) is 1.55. The third kappa shape index (κ3) is 1.93. The van der Waals surface area contributed by atoms with Gasteiger partial charge in [-0.2, -0.15) is 5.10 Å². The summed E-state index contributed by atoms with van der Waals surface area (Å²) in [5, 5.41) is 7.85. The Bertz CT molecular complexity index is 542. The molecule has 0 saturated heterocycles. The highest BCUT2D eigenvalue weighted by molar-refractivity contribution is 5.88. The van der Waals surface area contributed by atoms with Gasteiger partial charge in [-0.25, -0.2) is 4.79 Å². The lowest BCUT2D eigenvalue weighted by Gasteiger charge is -1.98. The van der Waals surface area contributed by atoms with Gasteiger partial charge < -0.3 is 9.26 Å². The maximum atomic E-state index is 11.2. The number of esters is 1. The zero-order chi connectivity index (χ0) is 12.4. The Kier molecular flexibility index (Phi) is 2.95. The maximum Gasteiger partial charge on any atom is 0.360 e. The van der Waals surface area contributed by atoms with Gasteiger partial charge in [0.15, 0.2) is 11.5 Å². The Balaban J connectivity index is 2.37. The Morgan fingerprint density at radius 3 is 2.94 bits per heavy atom. The van der Waals surface area contributed by atoms with Gasteiger partial charge in [0, 0.05) is 18.3 Å². The lowest BCUT2D eigenvalue weighted by atomic mass is 10.2. The smallest absolute Gasteiger partial charge is 0.360 e. The van der Waals surface area contributed by atoms with Crippen molar-refractivity contribution in [3.63, 3.8) is 0 Å². The van der Waals surface area contributed by atoms with Crippen LogP contribution in [0.3, 0.4) is 0 Å². The normalized spacial score (nSPS) is 10.5. The first kappa shape index (κ1) is 11.4. The minimum atomic E-state index is -0.513. The highest BCUT2D eigenvalue weighted by atomic mass is 16.5. The van der Waals surface area contributed by atoms with Gasteiger partial charge in [0.05, 0.1) is 18.9 Å². The Morgan fingerprint density at radius 2 is 2.35 bits per heavy atom. The number of methoxy groups -OCH3 is 1. The highest BCUT2D eigenvalue weighted by Gasteiger charge is 2.17. The van der Waals surface area contributed by atoms with Gasteiger partial charge in [0.25, 0.3) is 0 Å². The Morgan fingerprint density at radius 1 is 1.59 bits per heavy atom. The van der Waals surface area contributed by atoms with E-state index >= 15 is 0 Å². The molecule has 90 valence electrons. The Labute approximate surface area is 98.2 Å². The van der Waals surface area contributed by atoms with Gasteiger partial charge in [0.2, 0.25) is 0 Å². The number of ether oxygens (including phenoxy) is 1. The first-order valence-electron chi connectivity index (χ1n) is 5.25. The summed E-state index contributed by atoms with van der Waals surface area (Å²) in [4.78, 5) is 11.2. The van der Waals surface area contributed by atoms with Crippen LogP contribution in [0.1, 0.15) is 23.1 Å². The SMILES string of the molecule is CCn1ncc(-c2cc(C(=O)OC)no2)c1C. The van der Waals surface area contributed by atoms with Crippen molar-refractivity contribution < 1.29 is 14.1 Å². The number of hydrogen-bond acceptors (Lipinski definition) is 5. The number of aromatic nitrogens is 3. The largest absolute Gasteiger partial charge is 0.464 e. The van der Waals surface area contributed by atoms with Crippen molar-refractivity contribution in [2.24, 2.45) is 0 Å². The average Bonchev–Trinajstić information content (AvgIpc) is 2.94. The second kappa shape index (κ2) is 4.40. The first-order chi connectivity index (χ1) is 8.17. The number of carbonyl (C=O) groups is 1. The van der Waals surface area contributed by atoms with Crippen LogP contribution in [0.25, 0.3) is 11.3 Å². The molecule has 0 bridgehead atoms. The van der Waals surface area contributed by atoms with Gasteiger partial charge in [-0.1, -0.05) is 5.16 Å². The average molecular weight is 235 g/mol. The van der Waals surface area contributed by atoms with Crippen molar-refractivity contribution in [3.8, 4) is 11.3 Å². The van der Waals surface area contributed by atoms with Crippen molar-refractivity contribution in [2.75, 3.05) is 7.11 Å².